The average molecular weight is 644 g/mol. The first kappa shape index (κ1) is 34.5. The fraction of sp³-hybridized carbons (Fsp3) is 0.485. The maximum absolute atomic E-state index is 13.8. The topological polar surface area (TPSA) is 117 Å². The number of carbonyl (C=O) groups is 2. The molecule has 1 aliphatic heterocycles. The summed E-state index contributed by atoms with van der Waals surface area (Å²) >= 11 is 0. The number of methoxy groups -OCH3 is 1. The van der Waals surface area contributed by atoms with Gasteiger partial charge in [0.2, 0.25) is 5.88 Å². The third kappa shape index (κ3) is 9.30. The highest BCUT2D eigenvalue weighted by molar-refractivity contribution is 6.09. The van der Waals surface area contributed by atoms with E-state index in [0.717, 1.165) is 24.7 Å². The summed E-state index contributed by atoms with van der Waals surface area (Å²) in [6.45, 7) is 7.01. The Morgan fingerprint density at radius 1 is 1.20 bits per heavy atom. The second-order valence-electron chi connectivity index (χ2n) is 11.6. The van der Waals surface area contributed by atoms with E-state index in [2.05, 4.69) is 21.7 Å². The van der Waals surface area contributed by atoms with Gasteiger partial charge in [-0.05, 0) is 81.7 Å². The van der Waals surface area contributed by atoms with Crippen LogP contribution in [0.15, 0.2) is 59.2 Å². The minimum Gasteiger partial charge on any atom is -0.497 e. The van der Waals surface area contributed by atoms with Crippen molar-refractivity contribution in [2.24, 2.45) is 22.7 Å². The largest absolute Gasteiger partial charge is 0.497 e. The molecule has 1 atom stereocenters. The van der Waals surface area contributed by atoms with Gasteiger partial charge in [0, 0.05) is 37.0 Å². The lowest BCUT2D eigenvalue weighted by molar-refractivity contribution is -0.138. The van der Waals surface area contributed by atoms with Gasteiger partial charge in [0.25, 0.3) is 5.91 Å². The average Bonchev–Trinajstić information content (AvgIpc) is 3.88. The number of ether oxygens (including phenoxy) is 2. The van der Waals surface area contributed by atoms with E-state index in [0.29, 0.717) is 66.4 Å². The summed E-state index contributed by atoms with van der Waals surface area (Å²) in [7, 11) is 1.48. The minimum atomic E-state index is -4.66. The first-order chi connectivity index (χ1) is 21.9. The summed E-state index contributed by atoms with van der Waals surface area (Å²) in [5.41, 5.74) is 1.87. The number of rotatable bonds is 14. The molecule has 0 bridgehead atoms. The normalized spacial score (nSPS) is 17.0. The molecule has 1 aromatic heterocycles. The van der Waals surface area contributed by atoms with Gasteiger partial charge in [-0.3, -0.25) is 14.5 Å². The van der Waals surface area contributed by atoms with Crippen molar-refractivity contribution in [3.8, 4) is 5.75 Å². The molecule has 2 aliphatic rings. The zero-order chi connectivity index (χ0) is 33.4. The predicted molar refractivity (Wildman–Crippen MR) is 168 cm³/mol. The molecule has 2 fully saturated rings. The number of alkyl halides is 3. The van der Waals surface area contributed by atoms with E-state index in [9.17, 15) is 27.9 Å². The molecular weight excluding hydrogens is 603 g/mol. The molecule has 1 aliphatic carbocycles. The van der Waals surface area contributed by atoms with Gasteiger partial charge < -0.3 is 19.5 Å². The van der Waals surface area contributed by atoms with Crippen LogP contribution >= 0.6 is 0 Å². The molecule has 248 valence electrons. The highest BCUT2D eigenvalue weighted by Crippen LogP contribution is 2.43. The SMILES string of the molecule is C=N/C(=C\C(=C/C)C(CC(=O)O)C1CC1)OCC1CCN(c2cc(OC)ccc2C(=O)N(CC(F)(F)F)c2cc(C)ncn2)CC1. The van der Waals surface area contributed by atoms with Gasteiger partial charge in [0.05, 0.1) is 31.4 Å². The Bertz CT molecular complexity index is 1470. The number of allylic oxidation sites excluding steroid dienone is 3. The van der Waals surface area contributed by atoms with Crippen LogP contribution in [-0.4, -0.2) is 73.2 Å². The quantitative estimate of drug-likeness (QED) is 0.146. The van der Waals surface area contributed by atoms with Crippen molar-refractivity contribution in [3.05, 3.63) is 65.5 Å². The van der Waals surface area contributed by atoms with Crippen molar-refractivity contribution in [2.75, 3.05) is 43.2 Å². The number of nitrogens with zero attached hydrogens (tertiary/aromatic N) is 5. The van der Waals surface area contributed by atoms with Gasteiger partial charge in [0.1, 0.15) is 24.4 Å². The van der Waals surface area contributed by atoms with Gasteiger partial charge in [-0.15, -0.1) is 0 Å². The molecule has 2 aromatic rings. The van der Waals surface area contributed by atoms with Crippen molar-refractivity contribution >= 4 is 30.1 Å². The number of halogens is 3. The van der Waals surface area contributed by atoms with Crippen LogP contribution in [0.1, 0.15) is 55.1 Å². The number of hydrogen-bond donors (Lipinski definition) is 1. The molecular formula is C33H40F3N5O5. The molecule has 13 heteroatoms. The highest BCUT2D eigenvalue weighted by atomic mass is 19.4. The van der Waals surface area contributed by atoms with Crippen LogP contribution in [0.4, 0.5) is 24.7 Å². The molecule has 4 rings (SSSR count). The Balaban J connectivity index is 1.47. The molecule has 1 amide bonds. The van der Waals surface area contributed by atoms with E-state index >= 15 is 0 Å². The van der Waals surface area contributed by atoms with E-state index in [1.165, 1.54) is 19.2 Å². The number of carboxylic acids is 1. The Kier molecular flexibility index (Phi) is 11.4. The van der Waals surface area contributed by atoms with E-state index in [4.69, 9.17) is 9.47 Å². The van der Waals surface area contributed by atoms with E-state index in [1.807, 2.05) is 17.9 Å². The van der Waals surface area contributed by atoms with Crippen LogP contribution in [0.25, 0.3) is 0 Å². The van der Waals surface area contributed by atoms with Gasteiger partial charge in [-0.2, -0.15) is 13.2 Å². The summed E-state index contributed by atoms with van der Waals surface area (Å²) < 4.78 is 52.3. The van der Waals surface area contributed by atoms with Crippen molar-refractivity contribution in [1.82, 2.24) is 9.97 Å². The summed E-state index contributed by atoms with van der Waals surface area (Å²) in [6.07, 6.45) is 3.57. The standard InChI is InChI=1S/C33H40F3N5O5/c1-5-23(27(17-31(42)43)24-6-7-24)15-30(37-3)46-18-22-10-12-40(13-11-22)28-16-25(45-4)8-9-26(28)32(44)41(19-33(34,35)36)29-14-21(2)38-20-39-29/h5,8-9,14-16,20,22,24,27H,3,6-7,10-13,17-19H2,1-2,4H3,(H,42,43)/b23-5+,30-15+. The summed E-state index contributed by atoms with van der Waals surface area (Å²) in [6, 6.07) is 6.04. The Labute approximate surface area is 266 Å². The molecule has 1 saturated heterocycles. The Morgan fingerprint density at radius 2 is 1.91 bits per heavy atom. The zero-order valence-corrected chi connectivity index (χ0v) is 26.3. The number of aryl methyl sites for hydroxylation is 1. The van der Waals surface area contributed by atoms with Crippen LogP contribution in [-0.2, 0) is 9.53 Å². The van der Waals surface area contributed by atoms with Crippen molar-refractivity contribution in [2.45, 2.75) is 52.1 Å². The van der Waals surface area contributed by atoms with Crippen LogP contribution in [0.3, 0.4) is 0 Å². The number of carboxylic acid groups (broad SMARTS) is 1. The number of amides is 1. The number of hydrogen-bond acceptors (Lipinski definition) is 8. The third-order valence-electron chi connectivity index (χ3n) is 8.30. The lowest BCUT2D eigenvalue weighted by Crippen LogP contribution is -2.41. The number of piperidine rings is 1. The fourth-order valence-corrected chi connectivity index (χ4v) is 5.72. The number of benzene rings is 1. The minimum absolute atomic E-state index is 0.0468. The van der Waals surface area contributed by atoms with Crippen molar-refractivity contribution in [3.63, 3.8) is 0 Å². The van der Waals surface area contributed by atoms with Gasteiger partial charge >= 0.3 is 12.1 Å². The van der Waals surface area contributed by atoms with Crippen LogP contribution < -0.4 is 14.5 Å². The first-order valence-corrected chi connectivity index (χ1v) is 15.2. The monoisotopic (exact) mass is 643 g/mol. The van der Waals surface area contributed by atoms with Crippen LogP contribution in [0.2, 0.25) is 0 Å². The molecule has 0 radical (unpaired) electrons. The van der Waals surface area contributed by atoms with Gasteiger partial charge in [0.15, 0.2) is 0 Å². The van der Waals surface area contributed by atoms with E-state index in [1.54, 1.807) is 25.1 Å². The number of aliphatic imine (C=N–C) groups is 1. The Hall–Kier alpha value is -4.42. The number of aromatic nitrogens is 2. The van der Waals surface area contributed by atoms with Crippen molar-refractivity contribution < 1.29 is 37.3 Å². The molecule has 0 spiro atoms. The summed E-state index contributed by atoms with van der Waals surface area (Å²) in [5.74, 6) is -0.637. The smallest absolute Gasteiger partial charge is 0.406 e. The second-order valence-corrected chi connectivity index (χ2v) is 11.6. The molecule has 1 N–H and O–H groups in total. The number of aliphatic carboxylic acids is 1. The van der Waals surface area contributed by atoms with Gasteiger partial charge in [-0.1, -0.05) is 6.08 Å². The molecule has 2 heterocycles. The summed E-state index contributed by atoms with van der Waals surface area (Å²) in [4.78, 5) is 39.7. The molecule has 46 heavy (non-hydrogen) atoms. The maximum atomic E-state index is 13.8. The predicted octanol–water partition coefficient (Wildman–Crippen LogP) is 6.22. The van der Waals surface area contributed by atoms with Crippen molar-refractivity contribution in [1.29, 1.82) is 0 Å². The lowest BCUT2D eigenvalue weighted by atomic mass is 9.90. The lowest BCUT2D eigenvalue weighted by Gasteiger charge is -2.35. The fourth-order valence-electron chi connectivity index (χ4n) is 5.72. The molecule has 10 nitrogen and oxygen atoms in total. The highest BCUT2D eigenvalue weighted by Gasteiger charge is 2.37. The Morgan fingerprint density at radius 3 is 2.48 bits per heavy atom. The van der Waals surface area contributed by atoms with Gasteiger partial charge in [-0.25, -0.2) is 15.0 Å². The maximum Gasteiger partial charge on any atom is 0.406 e. The van der Waals surface area contributed by atoms with Crippen LogP contribution in [0.5, 0.6) is 5.75 Å². The number of carbonyl (C=O) groups excluding carboxylic acids is 1. The second kappa shape index (κ2) is 15.2. The number of anilines is 2. The molecule has 1 unspecified atom stereocenters. The first-order valence-electron chi connectivity index (χ1n) is 15.2. The van der Waals surface area contributed by atoms with Crippen LogP contribution in [0, 0.1) is 24.7 Å². The molecule has 1 aromatic carbocycles. The van der Waals surface area contributed by atoms with E-state index in [-0.39, 0.29) is 29.6 Å². The zero-order valence-electron chi connectivity index (χ0n) is 26.3. The molecule has 1 saturated carbocycles. The van der Waals surface area contributed by atoms with E-state index < -0.39 is 24.6 Å². The summed E-state index contributed by atoms with van der Waals surface area (Å²) in [5, 5.41) is 9.39. The third-order valence-corrected chi connectivity index (χ3v) is 8.30.